The van der Waals surface area contributed by atoms with Crippen LogP contribution in [0.4, 0.5) is 5.69 Å². The van der Waals surface area contributed by atoms with Crippen LogP contribution in [0, 0.1) is 5.41 Å². The molecule has 0 spiro atoms. The van der Waals surface area contributed by atoms with Gasteiger partial charge in [-0.15, -0.1) is 0 Å². The van der Waals surface area contributed by atoms with Gasteiger partial charge < -0.3 is 10.0 Å². The van der Waals surface area contributed by atoms with Crippen LogP contribution in [0.3, 0.4) is 0 Å². The number of rotatable bonds is 2. The van der Waals surface area contributed by atoms with E-state index in [4.69, 9.17) is 0 Å². The van der Waals surface area contributed by atoms with Gasteiger partial charge in [0.05, 0.1) is 6.10 Å². The Morgan fingerprint density at radius 3 is 2.59 bits per heavy atom. The van der Waals surface area contributed by atoms with Gasteiger partial charge in [0.15, 0.2) is 0 Å². The second kappa shape index (κ2) is 4.62. The van der Waals surface area contributed by atoms with Crippen LogP contribution in [0.2, 0.25) is 0 Å². The van der Waals surface area contributed by atoms with Crippen molar-refractivity contribution >= 4 is 21.6 Å². The van der Waals surface area contributed by atoms with Gasteiger partial charge in [0.1, 0.15) is 0 Å². The van der Waals surface area contributed by atoms with Crippen LogP contribution in [-0.2, 0) is 0 Å². The van der Waals surface area contributed by atoms with Crippen LogP contribution in [-0.4, -0.2) is 18.2 Å². The maximum Gasteiger partial charge on any atom is 0.0772 e. The summed E-state index contributed by atoms with van der Waals surface area (Å²) in [6, 6.07) is 6.23. The van der Waals surface area contributed by atoms with Crippen molar-refractivity contribution in [3.05, 3.63) is 28.2 Å². The van der Waals surface area contributed by atoms with Gasteiger partial charge in [-0.05, 0) is 36.5 Å². The van der Waals surface area contributed by atoms with Crippen molar-refractivity contribution in [3.63, 3.8) is 0 Å². The highest BCUT2D eigenvalue weighted by Gasteiger charge is 2.29. The number of nitrogens with zero attached hydrogens (tertiary/aromatic N) is 1. The predicted molar refractivity (Wildman–Crippen MR) is 75.4 cm³/mol. The quantitative estimate of drug-likeness (QED) is 0.899. The summed E-state index contributed by atoms with van der Waals surface area (Å²) in [7, 11) is 0. The fraction of sp³-hybridized carbons (Fsp3) is 0.571. The lowest BCUT2D eigenvalue weighted by Crippen LogP contribution is -2.22. The number of aliphatic hydroxyl groups is 1. The summed E-state index contributed by atoms with van der Waals surface area (Å²) in [5.41, 5.74) is 2.61. The number of anilines is 1. The highest BCUT2D eigenvalue weighted by Crippen LogP contribution is 2.35. The summed E-state index contributed by atoms with van der Waals surface area (Å²) in [6.45, 7) is 8.64. The average molecular weight is 298 g/mol. The molecule has 1 aromatic carbocycles. The van der Waals surface area contributed by atoms with Gasteiger partial charge in [-0.1, -0.05) is 35.8 Å². The maximum absolute atomic E-state index is 9.60. The zero-order valence-electron chi connectivity index (χ0n) is 10.7. The van der Waals surface area contributed by atoms with Gasteiger partial charge in [0.25, 0.3) is 0 Å². The Morgan fingerprint density at radius 2 is 2.12 bits per heavy atom. The maximum atomic E-state index is 9.60. The topological polar surface area (TPSA) is 23.5 Å². The highest BCUT2D eigenvalue weighted by atomic mass is 79.9. The van der Waals surface area contributed by atoms with Gasteiger partial charge in [0.2, 0.25) is 0 Å². The molecule has 1 aliphatic heterocycles. The van der Waals surface area contributed by atoms with E-state index in [0.29, 0.717) is 5.41 Å². The average Bonchev–Trinajstić information content (AvgIpc) is 2.58. The Morgan fingerprint density at radius 1 is 1.41 bits per heavy atom. The molecule has 0 radical (unpaired) electrons. The minimum atomic E-state index is -0.423. The third-order valence-corrected chi connectivity index (χ3v) is 4.16. The zero-order chi connectivity index (χ0) is 12.6. The molecule has 17 heavy (non-hydrogen) atoms. The number of halogens is 1. The van der Waals surface area contributed by atoms with E-state index in [1.807, 2.05) is 6.07 Å². The van der Waals surface area contributed by atoms with E-state index in [1.165, 1.54) is 12.1 Å². The van der Waals surface area contributed by atoms with Gasteiger partial charge in [0, 0.05) is 23.2 Å². The van der Waals surface area contributed by atoms with E-state index in [1.54, 1.807) is 6.92 Å². The first kappa shape index (κ1) is 12.9. The van der Waals surface area contributed by atoms with Crippen LogP contribution < -0.4 is 4.90 Å². The molecular formula is C14H20BrNO. The van der Waals surface area contributed by atoms with E-state index in [0.717, 1.165) is 23.1 Å². The van der Waals surface area contributed by atoms with Crippen molar-refractivity contribution in [2.24, 2.45) is 5.41 Å². The predicted octanol–water partition coefficient (Wildman–Crippen LogP) is 3.74. The minimum Gasteiger partial charge on any atom is -0.389 e. The second-order valence-corrected chi connectivity index (χ2v) is 6.57. The first-order chi connectivity index (χ1) is 7.89. The number of aliphatic hydroxyl groups excluding tert-OH is 1. The Kier molecular flexibility index (Phi) is 3.50. The first-order valence-corrected chi connectivity index (χ1v) is 6.91. The van der Waals surface area contributed by atoms with E-state index < -0.39 is 6.10 Å². The Hall–Kier alpha value is -0.540. The molecule has 0 aliphatic carbocycles. The SMILES string of the molecule is C[C@H](O)c1ccc(N2CCC(C)(C)C2)cc1Br. The van der Waals surface area contributed by atoms with Crippen molar-refractivity contribution in [3.8, 4) is 0 Å². The fourth-order valence-corrected chi connectivity index (χ4v) is 3.08. The van der Waals surface area contributed by atoms with Gasteiger partial charge in [-0.2, -0.15) is 0 Å². The van der Waals surface area contributed by atoms with Crippen molar-refractivity contribution in [1.82, 2.24) is 0 Å². The van der Waals surface area contributed by atoms with E-state index in [-0.39, 0.29) is 0 Å². The molecule has 0 amide bonds. The molecule has 1 N–H and O–H groups in total. The fourth-order valence-electron chi connectivity index (χ4n) is 2.38. The molecule has 0 aromatic heterocycles. The van der Waals surface area contributed by atoms with Crippen molar-refractivity contribution in [1.29, 1.82) is 0 Å². The molecule has 2 rings (SSSR count). The van der Waals surface area contributed by atoms with Crippen LogP contribution >= 0.6 is 15.9 Å². The monoisotopic (exact) mass is 297 g/mol. The molecule has 0 unspecified atom stereocenters. The van der Waals surface area contributed by atoms with Crippen LogP contribution in [0.5, 0.6) is 0 Å². The van der Waals surface area contributed by atoms with Gasteiger partial charge in [-0.3, -0.25) is 0 Å². The summed E-state index contributed by atoms with van der Waals surface area (Å²) in [6.07, 6.45) is 0.816. The van der Waals surface area contributed by atoms with Crippen LogP contribution in [0.1, 0.15) is 38.9 Å². The summed E-state index contributed by atoms with van der Waals surface area (Å²) < 4.78 is 0.995. The molecule has 0 bridgehead atoms. The Bertz CT molecular complexity index is 415. The largest absolute Gasteiger partial charge is 0.389 e. The summed E-state index contributed by atoms with van der Waals surface area (Å²) in [5.74, 6) is 0. The lowest BCUT2D eigenvalue weighted by atomic mass is 9.93. The molecule has 1 atom stereocenters. The van der Waals surface area contributed by atoms with Crippen LogP contribution in [0.15, 0.2) is 22.7 Å². The summed E-state index contributed by atoms with van der Waals surface area (Å²) in [5, 5.41) is 9.60. The normalized spacial score (nSPS) is 20.6. The zero-order valence-corrected chi connectivity index (χ0v) is 12.3. The standard InChI is InChI=1S/C14H20BrNO/c1-10(17)12-5-4-11(8-13(12)15)16-7-6-14(2,3)9-16/h4-5,8,10,17H,6-7,9H2,1-3H3/t10-/m0/s1. The third-order valence-electron chi connectivity index (χ3n) is 3.48. The van der Waals surface area contributed by atoms with Gasteiger partial charge in [-0.25, -0.2) is 0 Å². The molecule has 1 aromatic rings. The molecule has 1 heterocycles. The molecule has 3 heteroatoms. The van der Waals surface area contributed by atoms with Crippen molar-refractivity contribution in [2.75, 3.05) is 18.0 Å². The molecular weight excluding hydrogens is 278 g/mol. The molecule has 94 valence electrons. The number of hydrogen-bond donors (Lipinski definition) is 1. The molecule has 0 saturated carbocycles. The number of benzene rings is 1. The number of hydrogen-bond acceptors (Lipinski definition) is 2. The lowest BCUT2D eigenvalue weighted by Gasteiger charge is -2.22. The smallest absolute Gasteiger partial charge is 0.0772 e. The van der Waals surface area contributed by atoms with E-state index in [2.05, 4.69) is 46.8 Å². The van der Waals surface area contributed by atoms with Crippen molar-refractivity contribution < 1.29 is 5.11 Å². The second-order valence-electron chi connectivity index (χ2n) is 5.72. The van der Waals surface area contributed by atoms with Crippen LogP contribution in [0.25, 0.3) is 0 Å². The molecule has 2 nitrogen and oxygen atoms in total. The van der Waals surface area contributed by atoms with E-state index >= 15 is 0 Å². The molecule has 1 aliphatic rings. The Balaban J connectivity index is 2.21. The summed E-state index contributed by atoms with van der Waals surface area (Å²) >= 11 is 3.54. The minimum absolute atomic E-state index is 0.412. The Labute approximate surface area is 112 Å². The third kappa shape index (κ3) is 2.83. The first-order valence-electron chi connectivity index (χ1n) is 6.11. The molecule has 1 saturated heterocycles. The van der Waals surface area contributed by atoms with Crippen molar-refractivity contribution in [2.45, 2.75) is 33.3 Å². The van der Waals surface area contributed by atoms with E-state index in [9.17, 15) is 5.11 Å². The lowest BCUT2D eigenvalue weighted by molar-refractivity contribution is 0.198. The summed E-state index contributed by atoms with van der Waals surface area (Å²) in [4.78, 5) is 2.41. The molecule has 1 fully saturated rings. The highest BCUT2D eigenvalue weighted by molar-refractivity contribution is 9.10. The van der Waals surface area contributed by atoms with Gasteiger partial charge >= 0.3 is 0 Å².